The molecule has 2 amide bonds. The number of nitrogens with one attached hydrogen (secondary N) is 2. The molecule has 0 bridgehead atoms. The van der Waals surface area contributed by atoms with Crippen LogP contribution in [0.4, 0.5) is 4.79 Å². The van der Waals surface area contributed by atoms with Gasteiger partial charge in [-0.05, 0) is 56.5 Å². The van der Waals surface area contributed by atoms with Crippen molar-refractivity contribution in [1.82, 2.24) is 14.9 Å². The molecule has 10 heteroatoms. The molecule has 1 aromatic carbocycles. The van der Waals surface area contributed by atoms with Gasteiger partial charge >= 0.3 is 6.09 Å². The number of hydrogen-bond donors (Lipinski definition) is 2. The fourth-order valence-electron chi connectivity index (χ4n) is 3.36. The van der Waals surface area contributed by atoms with Crippen LogP contribution in [0, 0.1) is 6.92 Å². The van der Waals surface area contributed by atoms with E-state index in [1.165, 1.54) is 18.4 Å². The predicted molar refractivity (Wildman–Crippen MR) is 113 cm³/mol. The van der Waals surface area contributed by atoms with Gasteiger partial charge in [-0.1, -0.05) is 6.07 Å². The summed E-state index contributed by atoms with van der Waals surface area (Å²) in [6.45, 7) is 4.84. The lowest BCUT2D eigenvalue weighted by molar-refractivity contribution is 0.0859. The van der Waals surface area contributed by atoms with Crippen molar-refractivity contribution < 1.29 is 27.2 Å². The first-order valence-corrected chi connectivity index (χ1v) is 11.6. The number of ether oxygens (including phenoxy) is 1. The summed E-state index contributed by atoms with van der Waals surface area (Å²) in [5, 5.41) is 2.95. The van der Waals surface area contributed by atoms with Crippen LogP contribution in [0.1, 0.15) is 41.4 Å². The monoisotopic (exact) mass is 449 g/mol. The molecular weight excluding hydrogens is 422 g/mol. The van der Waals surface area contributed by atoms with Crippen molar-refractivity contribution in [3.63, 3.8) is 0 Å². The molecule has 0 radical (unpaired) electrons. The van der Waals surface area contributed by atoms with E-state index in [1.807, 2.05) is 0 Å². The number of carbonyl (C=O) groups excluding carboxylic acids is 2. The molecule has 0 atom stereocenters. The second-order valence-corrected chi connectivity index (χ2v) is 9.08. The van der Waals surface area contributed by atoms with E-state index >= 15 is 0 Å². The van der Waals surface area contributed by atoms with Gasteiger partial charge in [-0.15, -0.1) is 0 Å². The zero-order chi connectivity index (χ0) is 22.4. The maximum atomic E-state index is 12.8. The van der Waals surface area contributed by atoms with Gasteiger partial charge in [0.15, 0.2) is 0 Å². The Labute approximate surface area is 181 Å². The van der Waals surface area contributed by atoms with Gasteiger partial charge < -0.3 is 19.4 Å². The molecule has 2 N–H and O–H groups in total. The first-order chi connectivity index (χ1) is 14.8. The average molecular weight is 450 g/mol. The van der Waals surface area contributed by atoms with Crippen LogP contribution in [-0.4, -0.2) is 51.1 Å². The summed E-state index contributed by atoms with van der Waals surface area (Å²) in [5.41, 5.74) is 0.972. The molecule has 9 nitrogen and oxygen atoms in total. The van der Waals surface area contributed by atoms with Crippen LogP contribution in [-0.2, 0) is 21.3 Å². The van der Waals surface area contributed by atoms with E-state index in [2.05, 4.69) is 10.0 Å². The number of sulfonamides is 1. The topological polar surface area (TPSA) is 118 Å². The molecule has 0 saturated carbocycles. The van der Waals surface area contributed by atoms with Crippen molar-refractivity contribution in [3.8, 4) is 0 Å². The zero-order valence-electron chi connectivity index (χ0n) is 17.6. The maximum absolute atomic E-state index is 12.8. The number of rotatable bonds is 7. The van der Waals surface area contributed by atoms with E-state index in [9.17, 15) is 18.0 Å². The normalized spacial score (nSPS) is 15.0. The number of likely N-dealkylation sites (tertiary alicyclic amines) is 1. The fourth-order valence-corrected chi connectivity index (χ4v) is 4.38. The lowest BCUT2D eigenvalue weighted by Crippen LogP contribution is -2.46. The van der Waals surface area contributed by atoms with Crippen LogP contribution >= 0.6 is 0 Å². The fraction of sp³-hybridized carbons (Fsp3) is 0.429. The highest BCUT2D eigenvalue weighted by Crippen LogP contribution is 2.18. The van der Waals surface area contributed by atoms with E-state index in [-0.39, 0.29) is 29.5 Å². The largest absolute Gasteiger partial charge is 0.468 e. The highest BCUT2D eigenvalue weighted by molar-refractivity contribution is 7.89. The minimum atomic E-state index is -3.81. The molecule has 31 heavy (non-hydrogen) atoms. The molecule has 1 aliphatic heterocycles. The lowest BCUT2D eigenvalue weighted by atomic mass is 10.0. The number of carbonyl (C=O) groups is 2. The third-order valence-corrected chi connectivity index (χ3v) is 6.54. The minimum absolute atomic E-state index is 0.00642. The molecule has 1 saturated heterocycles. The van der Waals surface area contributed by atoms with Gasteiger partial charge in [0.2, 0.25) is 10.0 Å². The predicted octanol–water partition coefficient (Wildman–Crippen LogP) is 2.42. The molecule has 2 aromatic rings. The summed E-state index contributed by atoms with van der Waals surface area (Å²) >= 11 is 0. The van der Waals surface area contributed by atoms with Crippen molar-refractivity contribution in [2.75, 3.05) is 19.7 Å². The van der Waals surface area contributed by atoms with E-state index in [4.69, 9.17) is 9.15 Å². The highest BCUT2D eigenvalue weighted by atomic mass is 32.2. The summed E-state index contributed by atoms with van der Waals surface area (Å²) in [7, 11) is -3.81. The molecule has 3 rings (SSSR count). The van der Waals surface area contributed by atoms with Crippen LogP contribution in [0.3, 0.4) is 0 Å². The lowest BCUT2D eigenvalue weighted by Gasteiger charge is -2.31. The van der Waals surface area contributed by atoms with Crippen molar-refractivity contribution in [2.45, 2.75) is 44.2 Å². The number of furan rings is 1. The molecule has 2 heterocycles. The Kier molecular flexibility index (Phi) is 7.34. The second-order valence-electron chi connectivity index (χ2n) is 7.31. The van der Waals surface area contributed by atoms with Gasteiger partial charge in [0, 0.05) is 24.7 Å². The molecule has 0 unspecified atom stereocenters. The van der Waals surface area contributed by atoms with E-state index in [0.717, 1.165) is 0 Å². The molecule has 1 aromatic heterocycles. The van der Waals surface area contributed by atoms with Crippen molar-refractivity contribution in [2.24, 2.45) is 0 Å². The minimum Gasteiger partial charge on any atom is -0.468 e. The Balaban J connectivity index is 1.63. The van der Waals surface area contributed by atoms with Crippen LogP contribution in [0.25, 0.3) is 0 Å². The zero-order valence-corrected chi connectivity index (χ0v) is 18.4. The highest BCUT2D eigenvalue weighted by Gasteiger charge is 2.26. The number of amides is 2. The number of aryl methyl sites for hydroxylation is 1. The van der Waals surface area contributed by atoms with Crippen LogP contribution in [0.5, 0.6) is 0 Å². The first kappa shape index (κ1) is 22.8. The Morgan fingerprint density at radius 2 is 1.97 bits per heavy atom. The molecule has 1 aliphatic rings. The molecule has 168 valence electrons. The van der Waals surface area contributed by atoms with Gasteiger partial charge in [0.05, 0.1) is 24.3 Å². The SMILES string of the molecule is CCOC(=O)N1CCC(NC(=O)c2cc(S(=O)(=O)NCc3ccco3)ccc2C)CC1. The molecular formula is C21H27N3O6S. The summed E-state index contributed by atoms with van der Waals surface area (Å²) in [5.74, 6) is 0.151. The van der Waals surface area contributed by atoms with Crippen LogP contribution in [0.15, 0.2) is 45.9 Å². The first-order valence-electron chi connectivity index (χ1n) is 10.2. The molecule has 0 aliphatic carbocycles. The third kappa shape index (κ3) is 5.86. The number of nitrogens with zero attached hydrogens (tertiary/aromatic N) is 1. The van der Waals surface area contributed by atoms with Gasteiger partial charge in [0.25, 0.3) is 5.91 Å². The Morgan fingerprint density at radius 1 is 1.23 bits per heavy atom. The van der Waals surface area contributed by atoms with Crippen molar-refractivity contribution in [3.05, 3.63) is 53.5 Å². The van der Waals surface area contributed by atoms with Crippen LogP contribution < -0.4 is 10.0 Å². The maximum Gasteiger partial charge on any atom is 0.409 e. The van der Waals surface area contributed by atoms with Gasteiger partial charge in [0.1, 0.15) is 5.76 Å². The summed E-state index contributed by atoms with van der Waals surface area (Å²) in [6.07, 6.45) is 2.33. The summed E-state index contributed by atoms with van der Waals surface area (Å²) in [6, 6.07) is 7.70. The molecule has 1 fully saturated rings. The van der Waals surface area contributed by atoms with Gasteiger partial charge in [-0.25, -0.2) is 17.9 Å². The standard InChI is InChI=1S/C21H27N3O6S/c1-3-29-21(26)24-10-8-16(9-11-24)23-20(25)19-13-18(7-6-15(19)2)31(27,28)22-14-17-5-4-12-30-17/h4-7,12-13,16,22H,3,8-11,14H2,1-2H3,(H,23,25). The van der Waals surface area contributed by atoms with Crippen molar-refractivity contribution >= 4 is 22.0 Å². The second kappa shape index (κ2) is 9.97. The number of piperidine rings is 1. The van der Waals surface area contributed by atoms with Crippen LogP contribution in [0.2, 0.25) is 0 Å². The Morgan fingerprint density at radius 3 is 2.61 bits per heavy atom. The van der Waals surface area contributed by atoms with E-state index < -0.39 is 10.0 Å². The van der Waals surface area contributed by atoms with Gasteiger partial charge in [-0.2, -0.15) is 0 Å². The number of benzene rings is 1. The quantitative estimate of drug-likeness (QED) is 0.670. The van der Waals surface area contributed by atoms with Crippen molar-refractivity contribution in [1.29, 1.82) is 0 Å². The van der Waals surface area contributed by atoms with E-state index in [1.54, 1.807) is 36.9 Å². The Bertz CT molecular complexity index is 1010. The smallest absolute Gasteiger partial charge is 0.409 e. The van der Waals surface area contributed by atoms with Gasteiger partial charge in [-0.3, -0.25) is 4.79 Å². The van der Waals surface area contributed by atoms with E-state index in [0.29, 0.717) is 49.4 Å². The average Bonchev–Trinajstić information content (AvgIpc) is 3.27. The Hall–Kier alpha value is -2.85. The summed E-state index contributed by atoms with van der Waals surface area (Å²) < 4.78 is 37.9. The summed E-state index contributed by atoms with van der Waals surface area (Å²) in [4.78, 5) is 26.3. The number of hydrogen-bond acceptors (Lipinski definition) is 6. The molecule has 0 spiro atoms. The third-order valence-electron chi connectivity index (χ3n) is 5.14.